The second-order valence-corrected chi connectivity index (χ2v) is 11.3. The van der Waals surface area contributed by atoms with E-state index < -0.39 is 23.0 Å². The zero-order valence-corrected chi connectivity index (χ0v) is 22.2. The summed E-state index contributed by atoms with van der Waals surface area (Å²) in [5.74, 6) is 0.393. The minimum Gasteiger partial charge on any atom is -0.487 e. The van der Waals surface area contributed by atoms with Gasteiger partial charge >= 0.3 is 0 Å². The Morgan fingerprint density at radius 3 is 2.46 bits per heavy atom. The second kappa shape index (κ2) is 10.6. The van der Waals surface area contributed by atoms with Gasteiger partial charge in [0.25, 0.3) is 6.43 Å². The third-order valence-corrected chi connectivity index (χ3v) is 6.80. The normalized spacial score (nSPS) is 13.3. The molecule has 4 aromatic rings. The number of anilines is 3. The maximum atomic E-state index is 13.6. The Morgan fingerprint density at radius 2 is 1.82 bits per heavy atom. The van der Waals surface area contributed by atoms with Gasteiger partial charge < -0.3 is 9.64 Å². The summed E-state index contributed by atoms with van der Waals surface area (Å²) in [7, 11) is -3.48. The molecule has 0 amide bonds. The van der Waals surface area contributed by atoms with E-state index in [4.69, 9.17) is 16.3 Å². The standard InChI is InChI=1S/C27H22ClF2N5O3S/c1-39(36,37)34-26-14-32-24-11-17(4-9-23(24)33-26)16-2-5-19(6-3-16)35(15-25(29)30)20-10-18(13-31)27(22(28)12-20)38-21-7-8-21/h2-6,9-12,14,21,25H,7-8,15H2,1H3,(H,33,34). The number of rotatable bonds is 9. The topological polar surface area (TPSA) is 108 Å². The Hall–Kier alpha value is -4.01. The van der Waals surface area contributed by atoms with E-state index in [-0.39, 0.29) is 28.3 Å². The van der Waals surface area contributed by atoms with Gasteiger partial charge in [0.1, 0.15) is 6.07 Å². The predicted molar refractivity (Wildman–Crippen MR) is 146 cm³/mol. The summed E-state index contributed by atoms with van der Waals surface area (Å²) in [6.45, 7) is -0.598. The summed E-state index contributed by atoms with van der Waals surface area (Å²) in [4.78, 5) is 9.97. The average molecular weight is 570 g/mol. The molecule has 0 radical (unpaired) electrons. The molecule has 1 saturated carbocycles. The monoisotopic (exact) mass is 569 g/mol. The molecule has 0 bridgehead atoms. The fourth-order valence-electron chi connectivity index (χ4n) is 4.05. The van der Waals surface area contributed by atoms with Gasteiger partial charge in [-0.1, -0.05) is 29.8 Å². The van der Waals surface area contributed by atoms with E-state index in [9.17, 15) is 22.5 Å². The van der Waals surface area contributed by atoms with Crippen molar-refractivity contribution in [2.24, 2.45) is 0 Å². The summed E-state index contributed by atoms with van der Waals surface area (Å²) in [5.41, 5.74) is 3.71. The molecule has 3 aromatic carbocycles. The summed E-state index contributed by atoms with van der Waals surface area (Å²) < 4.78 is 58.2. The van der Waals surface area contributed by atoms with Crippen molar-refractivity contribution in [3.8, 4) is 22.9 Å². The van der Waals surface area contributed by atoms with E-state index in [1.54, 1.807) is 36.4 Å². The zero-order chi connectivity index (χ0) is 27.7. The van der Waals surface area contributed by atoms with Crippen molar-refractivity contribution in [3.63, 3.8) is 0 Å². The molecule has 39 heavy (non-hydrogen) atoms. The van der Waals surface area contributed by atoms with E-state index in [1.165, 1.54) is 23.2 Å². The minimum atomic E-state index is -3.48. The van der Waals surface area contributed by atoms with Gasteiger partial charge in [0.05, 0.1) is 46.7 Å². The van der Waals surface area contributed by atoms with Gasteiger partial charge in [0.2, 0.25) is 10.0 Å². The van der Waals surface area contributed by atoms with Crippen molar-refractivity contribution < 1.29 is 21.9 Å². The molecule has 1 aromatic heterocycles. The third kappa shape index (κ3) is 6.35. The molecule has 0 unspecified atom stereocenters. The highest BCUT2D eigenvalue weighted by Gasteiger charge is 2.27. The molecule has 5 rings (SSSR count). The highest BCUT2D eigenvalue weighted by molar-refractivity contribution is 7.92. The lowest BCUT2D eigenvalue weighted by molar-refractivity contribution is 0.158. The Balaban J connectivity index is 1.44. The lowest BCUT2D eigenvalue weighted by Gasteiger charge is -2.26. The molecule has 1 heterocycles. The summed E-state index contributed by atoms with van der Waals surface area (Å²) in [6.07, 6.45) is 1.52. The maximum Gasteiger partial charge on any atom is 0.256 e. The Bertz CT molecular complexity index is 1690. The zero-order valence-electron chi connectivity index (χ0n) is 20.6. The Labute approximate surface area is 228 Å². The molecule has 0 saturated heterocycles. The minimum absolute atomic E-state index is 0.0254. The van der Waals surface area contributed by atoms with E-state index in [2.05, 4.69) is 20.8 Å². The summed E-state index contributed by atoms with van der Waals surface area (Å²) in [5, 5.41) is 9.84. The number of nitrogens with one attached hydrogen (secondary N) is 1. The smallest absolute Gasteiger partial charge is 0.256 e. The molecule has 12 heteroatoms. The number of sulfonamides is 1. The van der Waals surface area contributed by atoms with Crippen LogP contribution in [0.1, 0.15) is 18.4 Å². The SMILES string of the molecule is CS(=O)(=O)Nc1cnc2cc(-c3ccc(N(CC(F)F)c4cc(Cl)c(OC5CC5)c(C#N)c4)cc3)ccc2n1. The lowest BCUT2D eigenvalue weighted by atomic mass is 10.0. The molecule has 1 N–H and O–H groups in total. The van der Waals surface area contributed by atoms with Gasteiger partial charge in [-0.05, 0) is 60.4 Å². The molecule has 1 aliphatic rings. The largest absolute Gasteiger partial charge is 0.487 e. The molecular formula is C27H22ClF2N5O3S. The first kappa shape index (κ1) is 26.6. The molecule has 200 valence electrons. The van der Waals surface area contributed by atoms with Crippen molar-refractivity contribution in [1.82, 2.24) is 9.97 Å². The summed E-state index contributed by atoms with van der Waals surface area (Å²) in [6, 6.07) is 17.4. The second-order valence-electron chi connectivity index (χ2n) is 9.11. The number of benzene rings is 3. The highest BCUT2D eigenvalue weighted by atomic mass is 35.5. The lowest BCUT2D eigenvalue weighted by Crippen LogP contribution is -2.24. The first-order chi connectivity index (χ1) is 18.6. The van der Waals surface area contributed by atoms with Crippen molar-refractivity contribution in [2.75, 3.05) is 22.4 Å². The number of fused-ring (bicyclic) bond motifs is 1. The van der Waals surface area contributed by atoms with Crippen LogP contribution in [0, 0.1) is 11.3 Å². The Kier molecular flexibility index (Phi) is 7.25. The number of nitrogens with zero attached hydrogens (tertiary/aromatic N) is 4. The third-order valence-electron chi connectivity index (χ3n) is 5.93. The van der Waals surface area contributed by atoms with Crippen LogP contribution >= 0.6 is 11.6 Å². The van der Waals surface area contributed by atoms with Gasteiger partial charge in [-0.3, -0.25) is 9.71 Å². The number of hydrogen-bond acceptors (Lipinski definition) is 7. The quantitative estimate of drug-likeness (QED) is 0.258. The first-order valence-electron chi connectivity index (χ1n) is 11.9. The van der Waals surface area contributed by atoms with E-state index in [0.29, 0.717) is 22.4 Å². The van der Waals surface area contributed by atoms with Crippen LogP contribution in [0.15, 0.2) is 60.8 Å². The molecule has 0 atom stereocenters. The molecule has 0 spiro atoms. The van der Waals surface area contributed by atoms with Crippen molar-refractivity contribution in [2.45, 2.75) is 25.4 Å². The number of aromatic nitrogens is 2. The molecule has 8 nitrogen and oxygen atoms in total. The maximum absolute atomic E-state index is 13.6. The Morgan fingerprint density at radius 1 is 1.10 bits per heavy atom. The van der Waals surface area contributed by atoms with Gasteiger partial charge in [-0.25, -0.2) is 22.2 Å². The van der Waals surface area contributed by atoms with E-state index in [1.807, 2.05) is 6.07 Å². The number of alkyl halides is 2. The van der Waals surface area contributed by atoms with Crippen LogP contribution in [0.3, 0.4) is 0 Å². The van der Waals surface area contributed by atoms with Gasteiger partial charge in [-0.15, -0.1) is 0 Å². The van der Waals surface area contributed by atoms with Crippen LogP contribution in [-0.2, 0) is 10.0 Å². The summed E-state index contributed by atoms with van der Waals surface area (Å²) >= 11 is 6.41. The molecule has 0 aliphatic heterocycles. The van der Waals surface area contributed by atoms with Gasteiger partial charge in [0, 0.05) is 11.4 Å². The average Bonchev–Trinajstić information content (AvgIpc) is 3.71. The molecule has 1 fully saturated rings. The van der Waals surface area contributed by atoms with Crippen molar-refractivity contribution in [3.05, 3.63) is 71.4 Å². The van der Waals surface area contributed by atoms with Crippen molar-refractivity contribution >= 4 is 49.9 Å². The van der Waals surface area contributed by atoms with Crippen molar-refractivity contribution in [1.29, 1.82) is 5.26 Å². The molecule has 1 aliphatic carbocycles. The van der Waals surface area contributed by atoms with Crippen LogP contribution in [0.5, 0.6) is 5.75 Å². The fourth-order valence-corrected chi connectivity index (χ4v) is 4.79. The number of nitriles is 1. The number of hydrogen-bond donors (Lipinski definition) is 1. The van der Waals surface area contributed by atoms with Gasteiger partial charge in [-0.2, -0.15) is 5.26 Å². The van der Waals surface area contributed by atoms with E-state index >= 15 is 0 Å². The van der Waals surface area contributed by atoms with Crippen LogP contribution in [0.2, 0.25) is 5.02 Å². The first-order valence-corrected chi connectivity index (χ1v) is 14.2. The number of ether oxygens (including phenoxy) is 1. The van der Waals surface area contributed by atoms with Gasteiger partial charge in [0.15, 0.2) is 11.6 Å². The fraction of sp³-hybridized carbons (Fsp3) is 0.222. The predicted octanol–water partition coefficient (Wildman–Crippen LogP) is 6.14. The van der Waals surface area contributed by atoms with Crippen LogP contribution in [0.4, 0.5) is 26.0 Å². The van der Waals surface area contributed by atoms with E-state index in [0.717, 1.165) is 30.2 Å². The van der Waals surface area contributed by atoms with Crippen LogP contribution in [0.25, 0.3) is 22.2 Å². The van der Waals surface area contributed by atoms with Crippen LogP contribution in [-0.4, -0.2) is 43.7 Å². The van der Waals surface area contributed by atoms with Crippen LogP contribution < -0.4 is 14.4 Å². The number of halogens is 3. The highest BCUT2D eigenvalue weighted by Crippen LogP contribution is 2.39. The molecular weight excluding hydrogens is 548 g/mol.